The molecule has 2 N–H and O–H groups in total. The normalized spacial score (nSPS) is 47.5. The van der Waals surface area contributed by atoms with Crippen LogP contribution in [0.4, 0.5) is 0 Å². The molecule has 1 fully saturated rings. The molecule has 11 heavy (non-hydrogen) atoms. The molecule has 0 radical (unpaired) electrons. The minimum absolute atomic E-state index is 0.483. The minimum Gasteiger partial charge on any atom is -0.387 e. The summed E-state index contributed by atoms with van der Waals surface area (Å²) in [4.78, 5) is 4.38. The Labute approximate surface area is 67.2 Å². The zero-order valence-electron chi connectivity index (χ0n) is 6.83. The minimum atomic E-state index is 0.483. The van der Waals surface area contributed by atoms with E-state index in [-0.39, 0.29) is 0 Å². The van der Waals surface area contributed by atoms with Crippen molar-refractivity contribution in [1.29, 1.82) is 0 Å². The summed E-state index contributed by atoms with van der Waals surface area (Å²) in [7, 11) is 0. The van der Waals surface area contributed by atoms with Crippen LogP contribution >= 0.6 is 0 Å². The van der Waals surface area contributed by atoms with Crippen molar-refractivity contribution < 1.29 is 0 Å². The van der Waals surface area contributed by atoms with Crippen molar-refractivity contribution in [1.82, 2.24) is 0 Å². The van der Waals surface area contributed by atoms with Gasteiger partial charge in [-0.2, -0.15) is 0 Å². The van der Waals surface area contributed by atoms with Crippen molar-refractivity contribution >= 4 is 5.84 Å². The molecule has 0 unspecified atom stereocenters. The number of amidine groups is 1. The van der Waals surface area contributed by atoms with Crippen LogP contribution in [0.3, 0.4) is 0 Å². The van der Waals surface area contributed by atoms with Gasteiger partial charge in [0.15, 0.2) is 0 Å². The topological polar surface area (TPSA) is 38.4 Å². The van der Waals surface area contributed by atoms with Crippen molar-refractivity contribution in [2.75, 3.05) is 0 Å². The van der Waals surface area contributed by atoms with Crippen LogP contribution in [0.1, 0.15) is 13.3 Å². The van der Waals surface area contributed by atoms with Crippen molar-refractivity contribution in [2.24, 2.45) is 28.5 Å². The quantitative estimate of drug-likeness (QED) is 0.560. The first-order valence-corrected chi connectivity index (χ1v) is 4.18. The van der Waals surface area contributed by atoms with Gasteiger partial charge in [-0.3, -0.25) is 4.99 Å². The van der Waals surface area contributed by atoms with E-state index in [1.54, 1.807) is 0 Å². The highest BCUT2D eigenvalue weighted by Gasteiger charge is 2.53. The van der Waals surface area contributed by atoms with Crippen LogP contribution < -0.4 is 5.73 Å². The van der Waals surface area contributed by atoms with Crippen molar-refractivity contribution in [2.45, 2.75) is 19.4 Å². The molecule has 1 aliphatic heterocycles. The largest absolute Gasteiger partial charge is 0.387 e. The molecule has 0 aromatic carbocycles. The lowest BCUT2D eigenvalue weighted by Gasteiger charge is -2.13. The molecule has 1 heterocycles. The number of fused-ring (bicyclic) bond motifs is 1. The zero-order valence-corrected chi connectivity index (χ0v) is 6.83. The summed E-state index contributed by atoms with van der Waals surface area (Å²) in [6.07, 6.45) is 3.00. The number of nitrogens with zero attached hydrogens (tertiary/aromatic N) is 1. The van der Waals surface area contributed by atoms with Gasteiger partial charge in [0.2, 0.25) is 0 Å². The van der Waals surface area contributed by atoms with Gasteiger partial charge in [-0.15, -0.1) is 6.58 Å². The van der Waals surface area contributed by atoms with Crippen LogP contribution in [0.15, 0.2) is 17.6 Å². The molecule has 0 amide bonds. The van der Waals surface area contributed by atoms with Gasteiger partial charge >= 0.3 is 0 Å². The van der Waals surface area contributed by atoms with Crippen LogP contribution in [-0.2, 0) is 0 Å². The molecule has 0 aromatic rings. The lowest BCUT2D eigenvalue weighted by Crippen LogP contribution is -2.22. The van der Waals surface area contributed by atoms with E-state index in [4.69, 9.17) is 5.73 Å². The van der Waals surface area contributed by atoms with E-state index in [0.29, 0.717) is 17.9 Å². The third-order valence-electron chi connectivity index (χ3n) is 2.87. The SMILES string of the molecule is C=C[C@H]1[C@H]2N=C(N)C[C@H](C)[C@@H]12. The first-order valence-electron chi connectivity index (χ1n) is 4.18. The second kappa shape index (κ2) is 2.10. The van der Waals surface area contributed by atoms with Gasteiger partial charge in [-0.1, -0.05) is 13.0 Å². The molecular formula is C9H14N2. The second-order valence-corrected chi connectivity index (χ2v) is 3.68. The van der Waals surface area contributed by atoms with Gasteiger partial charge in [-0.25, -0.2) is 0 Å². The first kappa shape index (κ1) is 6.89. The van der Waals surface area contributed by atoms with Gasteiger partial charge < -0.3 is 5.73 Å². The van der Waals surface area contributed by atoms with E-state index >= 15 is 0 Å². The fourth-order valence-corrected chi connectivity index (χ4v) is 2.24. The van der Waals surface area contributed by atoms with Gasteiger partial charge in [0.1, 0.15) is 0 Å². The summed E-state index contributed by atoms with van der Waals surface area (Å²) in [5.74, 6) is 2.91. The third kappa shape index (κ3) is 0.889. The Morgan fingerprint density at radius 3 is 3.09 bits per heavy atom. The van der Waals surface area contributed by atoms with E-state index in [2.05, 4.69) is 18.5 Å². The Hall–Kier alpha value is -0.790. The van der Waals surface area contributed by atoms with Gasteiger partial charge in [-0.05, 0) is 11.8 Å². The molecule has 2 aliphatic rings. The van der Waals surface area contributed by atoms with Gasteiger partial charge in [0.05, 0.1) is 11.9 Å². The summed E-state index contributed by atoms with van der Waals surface area (Å²) in [6, 6.07) is 0.483. The summed E-state index contributed by atoms with van der Waals surface area (Å²) in [6.45, 7) is 6.05. The van der Waals surface area contributed by atoms with E-state index in [1.165, 1.54) is 0 Å². The predicted molar refractivity (Wildman–Crippen MR) is 46.4 cm³/mol. The molecule has 0 aromatic heterocycles. The average Bonchev–Trinajstić information content (AvgIpc) is 2.61. The summed E-state index contributed by atoms with van der Waals surface area (Å²) >= 11 is 0. The first-order chi connectivity index (χ1) is 5.24. The fraction of sp³-hybridized carbons (Fsp3) is 0.667. The molecule has 1 saturated carbocycles. The van der Waals surface area contributed by atoms with Crippen LogP contribution in [0.5, 0.6) is 0 Å². The van der Waals surface area contributed by atoms with E-state index < -0.39 is 0 Å². The maximum atomic E-state index is 5.67. The number of hydrogen-bond donors (Lipinski definition) is 1. The van der Waals surface area contributed by atoms with Crippen molar-refractivity contribution in [3.8, 4) is 0 Å². The van der Waals surface area contributed by atoms with Crippen LogP contribution in [0.2, 0.25) is 0 Å². The Kier molecular flexibility index (Phi) is 1.31. The summed E-state index contributed by atoms with van der Waals surface area (Å²) < 4.78 is 0. The molecule has 0 saturated heterocycles. The molecule has 0 spiro atoms. The fourth-order valence-electron chi connectivity index (χ4n) is 2.24. The van der Waals surface area contributed by atoms with Crippen molar-refractivity contribution in [3.63, 3.8) is 0 Å². The standard InChI is InChI=1S/C9H14N2/c1-3-6-8-5(2)4-7(10)11-9(6)8/h3,5-6,8-9H,1,4H2,2H3,(H2,10,11)/t5-,6+,8-,9+/m0/s1. The molecular weight excluding hydrogens is 136 g/mol. The van der Waals surface area contributed by atoms with Crippen LogP contribution in [0.25, 0.3) is 0 Å². The highest BCUT2D eigenvalue weighted by molar-refractivity contribution is 5.82. The molecule has 2 heteroatoms. The van der Waals surface area contributed by atoms with E-state index in [0.717, 1.165) is 18.2 Å². The van der Waals surface area contributed by atoms with Gasteiger partial charge in [0, 0.05) is 12.3 Å². The van der Waals surface area contributed by atoms with E-state index in [1.807, 2.05) is 6.08 Å². The maximum absolute atomic E-state index is 5.67. The highest BCUT2D eigenvalue weighted by atomic mass is 15.0. The Bertz CT molecular complexity index is 220. The monoisotopic (exact) mass is 150 g/mol. The summed E-state index contributed by atoms with van der Waals surface area (Å²) in [5, 5.41) is 0. The lowest BCUT2D eigenvalue weighted by molar-refractivity contribution is 0.488. The molecule has 60 valence electrons. The average molecular weight is 150 g/mol. The number of nitrogens with two attached hydrogens (primary N) is 1. The zero-order chi connectivity index (χ0) is 8.01. The Morgan fingerprint density at radius 2 is 2.45 bits per heavy atom. The van der Waals surface area contributed by atoms with Crippen LogP contribution in [-0.4, -0.2) is 11.9 Å². The Balaban J connectivity index is 2.17. The Morgan fingerprint density at radius 1 is 1.73 bits per heavy atom. The number of hydrogen-bond acceptors (Lipinski definition) is 2. The number of aliphatic imine (C=N–C) groups is 1. The molecule has 4 atom stereocenters. The molecule has 2 rings (SSSR count). The van der Waals surface area contributed by atoms with Gasteiger partial charge in [0.25, 0.3) is 0 Å². The second-order valence-electron chi connectivity index (χ2n) is 3.68. The lowest BCUT2D eigenvalue weighted by atomic mass is 9.98. The molecule has 1 aliphatic carbocycles. The highest BCUT2D eigenvalue weighted by Crippen LogP contribution is 2.51. The predicted octanol–water partition coefficient (Wildman–Crippen LogP) is 1.18. The smallest absolute Gasteiger partial charge is 0.0943 e. The summed E-state index contributed by atoms with van der Waals surface area (Å²) in [5.41, 5.74) is 5.67. The number of rotatable bonds is 1. The molecule has 2 nitrogen and oxygen atoms in total. The third-order valence-corrected chi connectivity index (χ3v) is 2.87. The molecule has 0 bridgehead atoms. The maximum Gasteiger partial charge on any atom is 0.0943 e. The van der Waals surface area contributed by atoms with Crippen LogP contribution in [0, 0.1) is 17.8 Å². The van der Waals surface area contributed by atoms with E-state index in [9.17, 15) is 0 Å². The van der Waals surface area contributed by atoms with Crippen molar-refractivity contribution in [3.05, 3.63) is 12.7 Å².